The molecular formula is C49H44FN13O2. The third-order valence-corrected chi connectivity index (χ3v) is 11.4. The summed E-state index contributed by atoms with van der Waals surface area (Å²) in [6, 6.07) is 23.6. The van der Waals surface area contributed by atoms with Crippen LogP contribution in [0.4, 0.5) is 15.9 Å². The first-order valence-electron chi connectivity index (χ1n) is 21.2. The second kappa shape index (κ2) is 17.2. The van der Waals surface area contributed by atoms with Crippen molar-refractivity contribution in [3.8, 4) is 39.4 Å². The van der Waals surface area contributed by atoms with E-state index in [0.29, 0.717) is 58.0 Å². The third kappa shape index (κ3) is 8.55. The molecule has 2 aromatic carbocycles. The quantitative estimate of drug-likeness (QED) is 0.0601. The average Bonchev–Trinajstić information content (AvgIpc) is 4.04. The van der Waals surface area contributed by atoms with Gasteiger partial charge in [-0.05, 0) is 110 Å². The van der Waals surface area contributed by atoms with Crippen LogP contribution in [0.25, 0.3) is 72.2 Å². The minimum absolute atomic E-state index is 0.166. The summed E-state index contributed by atoms with van der Waals surface area (Å²) in [4.78, 5) is 45.2. The molecule has 1 aliphatic heterocycles. The monoisotopic (exact) mass is 865 g/mol. The number of fused-ring (bicyclic) bond motifs is 3. The number of pyridine rings is 4. The molecule has 0 saturated heterocycles. The molecule has 0 spiro atoms. The fourth-order valence-corrected chi connectivity index (χ4v) is 8.33. The molecule has 0 atom stereocenters. The summed E-state index contributed by atoms with van der Waals surface area (Å²) in [7, 11) is 3.65. The van der Waals surface area contributed by atoms with Gasteiger partial charge >= 0.3 is 0 Å². The number of hydrogen-bond donors (Lipinski definition) is 7. The van der Waals surface area contributed by atoms with Gasteiger partial charge in [-0.2, -0.15) is 5.10 Å². The number of aromatic amines is 3. The second-order valence-electron chi connectivity index (χ2n) is 16.3. The van der Waals surface area contributed by atoms with Gasteiger partial charge in [-0.15, -0.1) is 0 Å². The Kier molecular flexibility index (Phi) is 10.9. The van der Waals surface area contributed by atoms with Crippen molar-refractivity contribution >= 4 is 61.7 Å². The number of hydrogen-bond acceptors (Lipinski definition) is 11. The lowest BCUT2D eigenvalue weighted by Gasteiger charge is -2.13. The maximum absolute atomic E-state index is 14.5. The van der Waals surface area contributed by atoms with Crippen LogP contribution >= 0.6 is 0 Å². The lowest BCUT2D eigenvalue weighted by molar-refractivity contribution is -0.116. The topological polar surface area (TPSA) is 215 Å². The Morgan fingerprint density at radius 3 is 2.63 bits per heavy atom. The Balaban J connectivity index is 0.991. The number of rotatable bonds is 12. The molecular weight excluding hydrogens is 822 g/mol. The smallest absolute Gasteiger partial charge is 0.238 e. The van der Waals surface area contributed by atoms with E-state index in [2.05, 4.69) is 57.9 Å². The van der Waals surface area contributed by atoms with E-state index >= 15 is 0 Å². The minimum Gasteiger partial charge on any atom is -0.508 e. The number of carbonyl (C=O) groups is 1. The molecule has 0 fully saturated rings. The number of phenols is 1. The molecule has 0 aliphatic carbocycles. The number of aromatic hydroxyl groups is 1. The van der Waals surface area contributed by atoms with Crippen LogP contribution in [-0.2, 0) is 11.2 Å². The van der Waals surface area contributed by atoms with Gasteiger partial charge in [0.1, 0.15) is 17.4 Å². The number of likely N-dealkylation sites (N-methyl/N-ethyl adjacent to an activating group) is 1. The van der Waals surface area contributed by atoms with E-state index in [4.69, 9.17) is 15.7 Å². The molecule has 324 valence electrons. The highest BCUT2D eigenvalue weighted by Crippen LogP contribution is 2.34. The van der Waals surface area contributed by atoms with Gasteiger partial charge in [0.25, 0.3) is 0 Å². The molecule has 9 aromatic rings. The van der Waals surface area contributed by atoms with Crippen molar-refractivity contribution in [1.29, 1.82) is 0 Å². The lowest BCUT2D eigenvalue weighted by atomic mass is 10.00. The predicted molar refractivity (Wildman–Crippen MR) is 253 cm³/mol. The highest BCUT2D eigenvalue weighted by atomic mass is 19.1. The molecule has 15 nitrogen and oxygen atoms in total. The number of benzene rings is 2. The zero-order valence-electron chi connectivity index (χ0n) is 35.6. The molecule has 0 saturated carbocycles. The van der Waals surface area contributed by atoms with Crippen molar-refractivity contribution in [2.75, 3.05) is 51.3 Å². The van der Waals surface area contributed by atoms with E-state index in [1.165, 1.54) is 17.7 Å². The first-order chi connectivity index (χ1) is 31.6. The van der Waals surface area contributed by atoms with Crippen molar-refractivity contribution in [3.63, 3.8) is 0 Å². The summed E-state index contributed by atoms with van der Waals surface area (Å²) < 4.78 is 14.5. The molecule has 10 rings (SSSR count). The number of nitrogens with zero attached hydrogens (tertiary/aromatic N) is 7. The van der Waals surface area contributed by atoms with Gasteiger partial charge < -0.3 is 36.3 Å². The molecule has 8 heterocycles. The van der Waals surface area contributed by atoms with Gasteiger partial charge in [-0.1, -0.05) is 18.2 Å². The second-order valence-corrected chi connectivity index (χ2v) is 16.3. The Hall–Kier alpha value is -8.08. The Morgan fingerprint density at radius 2 is 1.78 bits per heavy atom. The Morgan fingerprint density at radius 1 is 0.908 bits per heavy atom. The van der Waals surface area contributed by atoms with E-state index in [-0.39, 0.29) is 24.0 Å². The van der Waals surface area contributed by atoms with Crippen LogP contribution in [0.2, 0.25) is 0 Å². The highest BCUT2D eigenvalue weighted by molar-refractivity contribution is 6.17. The van der Waals surface area contributed by atoms with E-state index in [9.17, 15) is 14.3 Å². The molecule has 1 aliphatic rings. The van der Waals surface area contributed by atoms with Crippen LogP contribution in [0.1, 0.15) is 28.9 Å². The molecule has 0 bridgehead atoms. The SMILES string of the molecule is CN(C)CC(=O)Nc1cncc(-c2cnc(N)c(C(=NCCc3ccc4[nH]c(-c5[nH]nc6ncc(C7=CCNCC7)cc56)cc4n3)c3cc4c(-c5cc(O)cc(F)c5)cccc4[nH]3)c2)c1. The third-order valence-electron chi connectivity index (χ3n) is 11.4. The van der Waals surface area contributed by atoms with Gasteiger partial charge in [0.2, 0.25) is 5.91 Å². The van der Waals surface area contributed by atoms with E-state index in [0.717, 1.165) is 81.1 Å². The number of aromatic nitrogens is 8. The highest BCUT2D eigenvalue weighted by Gasteiger charge is 2.20. The molecule has 0 radical (unpaired) electrons. The zero-order chi connectivity index (χ0) is 44.6. The fraction of sp³-hybridized carbons (Fsp3) is 0.163. The van der Waals surface area contributed by atoms with Crippen LogP contribution in [-0.4, -0.2) is 102 Å². The van der Waals surface area contributed by atoms with Crippen molar-refractivity contribution in [2.45, 2.75) is 12.8 Å². The van der Waals surface area contributed by atoms with Crippen molar-refractivity contribution in [2.24, 2.45) is 4.99 Å². The number of halogens is 1. The van der Waals surface area contributed by atoms with Crippen LogP contribution in [0.15, 0.2) is 115 Å². The average molecular weight is 866 g/mol. The summed E-state index contributed by atoms with van der Waals surface area (Å²) in [5.41, 5.74) is 19.7. The maximum Gasteiger partial charge on any atom is 0.238 e. The minimum atomic E-state index is -0.545. The number of anilines is 2. The molecule has 1 amide bonds. The predicted octanol–water partition coefficient (Wildman–Crippen LogP) is 7.49. The molecule has 65 heavy (non-hydrogen) atoms. The Labute approximate surface area is 371 Å². The molecule has 0 unspecified atom stereocenters. The number of phenolic OH excluding ortho intramolecular Hbond substituents is 1. The zero-order valence-corrected chi connectivity index (χ0v) is 35.6. The number of amides is 1. The van der Waals surface area contributed by atoms with Gasteiger partial charge in [-0.3, -0.25) is 24.9 Å². The standard InChI is InChI=1S/C49H44FN13O2/c1-63(2)26-45(65)58-34-15-29(22-53-25-34)31-17-38(48(51)55-23-31)46(43-20-37-36(4-3-5-40(37)59-43)28-14-32(50)19-35(64)16-28)54-13-10-33-6-7-41-42(57-33)21-44(60-41)47-39-18-30(24-56-49(39)62-61-47)27-8-11-52-12-9-27/h3-8,14-25,52,59-60,64H,9-13,26H2,1-2H3,(H2,51,55)(H,58,65)(H,56,61,62). The molecule has 8 N–H and O–H groups in total. The van der Waals surface area contributed by atoms with Crippen molar-refractivity contribution < 1.29 is 14.3 Å². The van der Waals surface area contributed by atoms with Crippen LogP contribution in [0.3, 0.4) is 0 Å². The molecule has 16 heteroatoms. The maximum atomic E-state index is 14.5. The van der Waals surface area contributed by atoms with E-state index in [1.807, 2.05) is 74.9 Å². The summed E-state index contributed by atoms with van der Waals surface area (Å²) in [6.07, 6.45) is 10.5. The van der Waals surface area contributed by atoms with Crippen LogP contribution < -0.4 is 16.4 Å². The number of H-pyrrole nitrogens is 3. The van der Waals surface area contributed by atoms with E-state index < -0.39 is 5.82 Å². The van der Waals surface area contributed by atoms with Crippen LogP contribution in [0, 0.1) is 5.82 Å². The number of nitrogens with two attached hydrogens (primary N) is 1. The molecule has 7 aromatic heterocycles. The van der Waals surface area contributed by atoms with Gasteiger partial charge in [0.15, 0.2) is 5.65 Å². The number of aliphatic imine (C=N–C) groups is 1. The first-order valence-corrected chi connectivity index (χ1v) is 21.2. The summed E-state index contributed by atoms with van der Waals surface area (Å²) in [6.45, 7) is 2.34. The largest absolute Gasteiger partial charge is 0.508 e. The fourth-order valence-electron chi connectivity index (χ4n) is 8.33. The normalized spacial score (nSPS) is 13.3. The number of nitrogen functional groups attached to an aromatic ring is 1. The first kappa shape index (κ1) is 41.0. The number of nitrogens with one attached hydrogen (secondary N) is 5. The summed E-state index contributed by atoms with van der Waals surface area (Å²) in [5, 5.41) is 25.9. The summed E-state index contributed by atoms with van der Waals surface area (Å²) in [5.74, 6) is -0.627. The van der Waals surface area contributed by atoms with Crippen LogP contribution in [0.5, 0.6) is 5.75 Å². The van der Waals surface area contributed by atoms with Gasteiger partial charge in [0.05, 0.1) is 52.3 Å². The Bertz CT molecular complexity index is 3330. The van der Waals surface area contributed by atoms with E-state index in [1.54, 1.807) is 23.5 Å². The summed E-state index contributed by atoms with van der Waals surface area (Å²) >= 11 is 0. The van der Waals surface area contributed by atoms with Gasteiger partial charge in [0, 0.05) is 82.8 Å². The van der Waals surface area contributed by atoms with Crippen molar-refractivity contribution in [1.82, 2.24) is 50.3 Å². The van der Waals surface area contributed by atoms with Gasteiger partial charge in [-0.25, -0.2) is 14.4 Å². The lowest BCUT2D eigenvalue weighted by Crippen LogP contribution is -2.27. The van der Waals surface area contributed by atoms with Crippen molar-refractivity contribution in [3.05, 3.63) is 138 Å². The number of carbonyl (C=O) groups excluding carboxylic acids is 1.